The maximum Gasteiger partial charge on any atom is 0.232 e. The highest BCUT2D eigenvalue weighted by Gasteiger charge is 2.29. The van der Waals surface area contributed by atoms with Gasteiger partial charge in [-0.3, -0.25) is 9.59 Å². The third kappa shape index (κ3) is 2.68. The zero-order valence-corrected chi connectivity index (χ0v) is 12.6. The van der Waals surface area contributed by atoms with Crippen molar-refractivity contribution in [2.24, 2.45) is 0 Å². The fourth-order valence-electron chi connectivity index (χ4n) is 2.33. The summed E-state index contributed by atoms with van der Waals surface area (Å²) in [6, 6.07) is 9.66. The van der Waals surface area contributed by atoms with Gasteiger partial charge in [-0.05, 0) is 24.6 Å². The van der Waals surface area contributed by atoms with E-state index < -0.39 is 0 Å². The molecule has 1 heterocycles. The van der Waals surface area contributed by atoms with Gasteiger partial charge in [0.05, 0.1) is 12.7 Å². The average molecular weight is 310 g/mol. The van der Waals surface area contributed by atoms with Crippen molar-refractivity contribution < 1.29 is 24.2 Å². The summed E-state index contributed by atoms with van der Waals surface area (Å²) in [6.07, 6.45) is 1.59. The molecule has 0 atom stereocenters. The molecule has 5 nitrogen and oxygen atoms in total. The van der Waals surface area contributed by atoms with Gasteiger partial charge in [0.25, 0.3) is 0 Å². The summed E-state index contributed by atoms with van der Waals surface area (Å²) in [6.45, 7) is 1.49. The van der Waals surface area contributed by atoms with Crippen LogP contribution in [0.4, 0.5) is 0 Å². The Morgan fingerprint density at radius 2 is 1.91 bits per heavy atom. The second kappa shape index (κ2) is 5.61. The van der Waals surface area contributed by atoms with Gasteiger partial charge in [0.15, 0.2) is 23.0 Å². The van der Waals surface area contributed by atoms with E-state index in [1.165, 1.54) is 26.2 Å². The smallest absolute Gasteiger partial charge is 0.232 e. The van der Waals surface area contributed by atoms with E-state index in [4.69, 9.17) is 9.47 Å². The molecule has 5 heteroatoms. The van der Waals surface area contributed by atoms with E-state index in [-0.39, 0.29) is 34.4 Å². The first-order valence-electron chi connectivity index (χ1n) is 6.96. The van der Waals surface area contributed by atoms with Gasteiger partial charge in [0, 0.05) is 11.6 Å². The Morgan fingerprint density at radius 1 is 1.22 bits per heavy atom. The van der Waals surface area contributed by atoms with Crippen molar-refractivity contribution in [1.29, 1.82) is 0 Å². The zero-order valence-electron chi connectivity index (χ0n) is 12.6. The van der Waals surface area contributed by atoms with Crippen molar-refractivity contribution in [2.75, 3.05) is 7.11 Å². The minimum absolute atomic E-state index is 0.0210. The first-order chi connectivity index (χ1) is 11.0. The summed E-state index contributed by atoms with van der Waals surface area (Å²) < 4.78 is 10.6. The lowest BCUT2D eigenvalue weighted by Gasteiger charge is -2.04. The summed E-state index contributed by atoms with van der Waals surface area (Å²) in [5.74, 6) is 0.291. The molecule has 0 spiro atoms. The molecule has 1 aliphatic heterocycles. The first-order valence-corrected chi connectivity index (χ1v) is 6.96. The normalized spacial score (nSPS) is 14.5. The second-order valence-corrected chi connectivity index (χ2v) is 5.14. The molecule has 0 bridgehead atoms. The van der Waals surface area contributed by atoms with Crippen LogP contribution < -0.4 is 9.47 Å². The molecule has 23 heavy (non-hydrogen) atoms. The Balaban J connectivity index is 1.93. The Hall–Kier alpha value is -3.08. The van der Waals surface area contributed by atoms with Gasteiger partial charge in [-0.15, -0.1) is 0 Å². The number of hydrogen-bond donors (Lipinski definition) is 1. The van der Waals surface area contributed by atoms with E-state index in [1.54, 1.807) is 30.3 Å². The lowest BCUT2D eigenvalue weighted by molar-refractivity contribution is 0.101. The fraction of sp³-hybridized carbons (Fsp3) is 0.111. The van der Waals surface area contributed by atoms with E-state index in [0.29, 0.717) is 11.3 Å². The summed E-state index contributed by atoms with van der Waals surface area (Å²) >= 11 is 0. The minimum atomic E-state index is -0.311. The van der Waals surface area contributed by atoms with Crippen LogP contribution in [0.3, 0.4) is 0 Å². The van der Waals surface area contributed by atoms with Crippen molar-refractivity contribution >= 4 is 17.6 Å². The minimum Gasteiger partial charge on any atom is -0.504 e. The van der Waals surface area contributed by atoms with Crippen LogP contribution in [0.15, 0.2) is 42.2 Å². The molecule has 1 aliphatic rings. The first kappa shape index (κ1) is 14.8. The molecule has 2 aromatic rings. The Labute approximate surface area is 132 Å². The molecule has 0 saturated carbocycles. The van der Waals surface area contributed by atoms with E-state index in [9.17, 15) is 14.7 Å². The predicted octanol–water partition coefficient (Wildman–Crippen LogP) is 3.22. The van der Waals surface area contributed by atoms with Crippen LogP contribution in [0.25, 0.3) is 6.08 Å². The van der Waals surface area contributed by atoms with E-state index in [1.807, 2.05) is 0 Å². The van der Waals surface area contributed by atoms with Crippen LogP contribution in [0.2, 0.25) is 0 Å². The predicted molar refractivity (Wildman–Crippen MR) is 84.0 cm³/mol. The van der Waals surface area contributed by atoms with Crippen LogP contribution >= 0.6 is 0 Å². The standard InChI is InChI=1S/C18H14O5/c1-10(19)12-5-3-11(4-6-12)7-17-18(21)13-8-14(20)16(22-2)9-15(13)23-17/h3-9,20H,1-2H3/b17-7-. The number of hydrogen-bond acceptors (Lipinski definition) is 5. The van der Waals surface area contributed by atoms with Crippen LogP contribution in [0.1, 0.15) is 33.2 Å². The average Bonchev–Trinajstić information content (AvgIpc) is 2.83. The lowest BCUT2D eigenvalue weighted by Crippen LogP contribution is -1.98. The number of carbonyl (C=O) groups is 2. The Morgan fingerprint density at radius 3 is 2.52 bits per heavy atom. The number of rotatable bonds is 3. The van der Waals surface area contributed by atoms with Crippen molar-refractivity contribution in [3.8, 4) is 17.2 Å². The van der Waals surface area contributed by atoms with Gasteiger partial charge in [-0.25, -0.2) is 0 Å². The summed E-state index contributed by atoms with van der Waals surface area (Å²) in [4.78, 5) is 23.6. The van der Waals surface area contributed by atoms with Crippen molar-refractivity contribution in [3.05, 3.63) is 58.8 Å². The van der Waals surface area contributed by atoms with Crippen molar-refractivity contribution in [1.82, 2.24) is 0 Å². The lowest BCUT2D eigenvalue weighted by atomic mass is 10.1. The van der Waals surface area contributed by atoms with E-state index in [0.717, 1.165) is 5.56 Å². The summed E-state index contributed by atoms with van der Waals surface area (Å²) in [5.41, 5.74) is 1.63. The number of ketones is 2. The number of Topliss-reactive ketones (excluding diaryl/α,β-unsaturated/α-hetero) is 2. The van der Waals surface area contributed by atoms with Gasteiger partial charge >= 0.3 is 0 Å². The molecule has 0 fully saturated rings. The number of phenols is 1. The summed E-state index contributed by atoms with van der Waals surface area (Å²) in [7, 11) is 1.42. The second-order valence-electron chi connectivity index (χ2n) is 5.14. The van der Waals surface area contributed by atoms with Gasteiger partial charge in [0.2, 0.25) is 5.78 Å². The quantitative estimate of drug-likeness (QED) is 0.696. The van der Waals surface area contributed by atoms with Gasteiger partial charge in [-0.1, -0.05) is 24.3 Å². The molecule has 0 aromatic heterocycles. The van der Waals surface area contributed by atoms with Crippen LogP contribution in [0.5, 0.6) is 17.2 Å². The topological polar surface area (TPSA) is 72.8 Å². The number of carbonyl (C=O) groups excluding carboxylic acids is 2. The number of aromatic hydroxyl groups is 1. The number of allylic oxidation sites excluding steroid dienone is 1. The highest BCUT2D eigenvalue weighted by molar-refractivity contribution is 6.14. The number of benzene rings is 2. The molecule has 1 N–H and O–H groups in total. The van der Waals surface area contributed by atoms with Crippen LogP contribution in [-0.4, -0.2) is 23.8 Å². The fourth-order valence-corrected chi connectivity index (χ4v) is 2.33. The van der Waals surface area contributed by atoms with E-state index in [2.05, 4.69) is 0 Å². The number of ether oxygens (including phenoxy) is 2. The van der Waals surface area contributed by atoms with Crippen molar-refractivity contribution in [3.63, 3.8) is 0 Å². The molecule has 0 amide bonds. The van der Waals surface area contributed by atoms with E-state index >= 15 is 0 Å². The molecular weight excluding hydrogens is 296 g/mol. The molecule has 0 unspecified atom stereocenters. The van der Waals surface area contributed by atoms with Gasteiger partial charge < -0.3 is 14.6 Å². The molecule has 2 aromatic carbocycles. The third-order valence-electron chi connectivity index (χ3n) is 3.58. The highest BCUT2D eigenvalue weighted by Crippen LogP contribution is 2.39. The van der Waals surface area contributed by atoms with Crippen molar-refractivity contribution in [2.45, 2.75) is 6.92 Å². The monoisotopic (exact) mass is 310 g/mol. The Kier molecular flexibility index (Phi) is 3.62. The molecule has 116 valence electrons. The maximum atomic E-state index is 12.3. The highest BCUT2D eigenvalue weighted by atomic mass is 16.5. The molecule has 0 saturated heterocycles. The molecule has 0 aliphatic carbocycles. The third-order valence-corrected chi connectivity index (χ3v) is 3.58. The Bertz CT molecular complexity index is 831. The van der Waals surface area contributed by atoms with Crippen LogP contribution in [-0.2, 0) is 0 Å². The SMILES string of the molecule is COc1cc2c(cc1O)C(=O)/C(=C/c1ccc(C(C)=O)cc1)O2. The number of phenolic OH excluding ortho intramolecular Hbond substituents is 1. The molecule has 0 radical (unpaired) electrons. The maximum absolute atomic E-state index is 12.3. The molecular formula is C18H14O5. The largest absolute Gasteiger partial charge is 0.504 e. The summed E-state index contributed by atoms with van der Waals surface area (Å²) in [5, 5.41) is 9.77. The van der Waals surface area contributed by atoms with Gasteiger partial charge in [0.1, 0.15) is 5.75 Å². The zero-order chi connectivity index (χ0) is 16.6. The van der Waals surface area contributed by atoms with Gasteiger partial charge in [-0.2, -0.15) is 0 Å². The molecule has 3 rings (SSSR count). The number of fused-ring (bicyclic) bond motifs is 1. The number of methoxy groups -OCH3 is 1. The van der Waals surface area contributed by atoms with Crippen LogP contribution in [0, 0.1) is 0 Å².